The maximum absolute atomic E-state index is 14.2. The van der Waals surface area contributed by atoms with Gasteiger partial charge in [-0.3, -0.25) is 0 Å². The number of carboxylic acid groups (broad SMARTS) is 1. The second-order valence-electron chi connectivity index (χ2n) is 4.79. The summed E-state index contributed by atoms with van der Waals surface area (Å²) in [4.78, 5) is 11.3. The lowest BCUT2D eigenvalue weighted by molar-refractivity contribution is 0.0697. The molecule has 19 heavy (non-hydrogen) atoms. The average molecular weight is 258 g/mol. The average Bonchev–Trinajstić information content (AvgIpc) is 2.27. The van der Waals surface area contributed by atoms with Crippen LogP contribution >= 0.6 is 0 Å². The summed E-state index contributed by atoms with van der Waals surface area (Å²) in [6.07, 6.45) is 0. The molecule has 0 unspecified atom stereocenters. The number of rotatable bonds is 2. The van der Waals surface area contributed by atoms with Crippen molar-refractivity contribution in [2.75, 3.05) is 0 Å². The molecule has 0 aliphatic heterocycles. The number of hydrogen-bond acceptors (Lipinski definition) is 1. The first-order chi connectivity index (χ1) is 8.90. The predicted octanol–water partition coefficient (Wildman–Crippen LogP) is 4.12. The number of carboxylic acids is 1. The van der Waals surface area contributed by atoms with Crippen molar-refractivity contribution in [3.05, 3.63) is 58.4 Å². The van der Waals surface area contributed by atoms with Gasteiger partial charge in [-0.25, -0.2) is 9.18 Å². The fraction of sp³-hybridized carbons (Fsp3) is 0.188. The third-order valence-electron chi connectivity index (χ3n) is 3.11. The van der Waals surface area contributed by atoms with E-state index in [1.54, 1.807) is 19.1 Å². The molecule has 0 radical (unpaired) electrons. The van der Waals surface area contributed by atoms with Crippen LogP contribution in [0, 0.1) is 26.6 Å². The van der Waals surface area contributed by atoms with Crippen LogP contribution < -0.4 is 0 Å². The van der Waals surface area contributed by atoms with Crippen molar-refractivity contribution in [2.24, 2.45) is 0 Å². The van der Waals surface area contributed by atoms with Gasteiger partial charge in [0.1, 0.15) is 5.82 Å². The van der Waals surface area contributed by atoms with E-state index in [2.05, 4.69) is 0 Å². The molecule has 0 atom stereocenters. The summed E-state index contributed by atoms with van der Waals surface area (Å²) in [5.74, 6) is -1.43. The Labute approximate surface area is 111 Å². The normalized spacial score (nSPS) is 10.5. The van der Waals surface area contributed by atoms with Crippen LogP contribution in [0.5, 0.6) is 0 Å². The molecule has 0 bridgehead atoms. The van der Waals surface area contributed by atoms with E-state index in [0.29, 0.717) is 11.1 Å². The van der Waals surface area contributed by atoms with Crippen LogP contribution in [0.2, 0.25) is 0 Å². The highest BCUT2D eigenvalue weighted by Gasteiger charge is 2.17. The molecule has 2 aromatic rings. The van der Waals surface area contributed by atoms with Gasteiger partial charge in [0, 0.05) is 5.56 Å². The summed E-state index contributed by atoms with van der Waals surface area (Å²) in [7, 11) is 0. The largest absolute Gasteiger partial charge is 0.478 e. The minimum Gasteiger partial charge on any atom is -0.478 e. The highest BCUT2D eigenvalue weighted by atomic mass is 19.1. The monoisotopic (exact) mass is 258 g/mol. The summed E-state index contributed by atoms with van der Waals surface area (Å²) in [6.45, 7) is 5.46. The standard InChI is InChI=1S/C16H15FO2/c1-9-4-5-12(16(18)19)13(7-9)15-11(3)6-10(2)8-14(15)17/h4-8H,1-3H3,(H,18,19). The molecule has 0 saturated heterocycles. The number of benzene rings is 2. The van der Waals surface area contributed by atoms with Crippen molar-refractivity contribution < 1.29 is 14.3 Å². The summed E-state index contributed by atoms with van der Waals surface area (Å²) >= 11 is 0. The molecule has 2 aromatic carbocycles. The van der Waals surface area contributed by atoms with E-state index in [-0.39, 0.29) is 11.4 Å². The summed E-state index contributed by atoms with van der Waals surface area (Å²) < 4.78 is 14.2. The van der Waals surface area contributed by atoms with Crippen LogP contribution in [-0.2, 0) is 0 Å². The van der Waals surface area contributed by atoms with Gasteiger partial charge in [0.15, 0.2) is 0 Å². The fourth-order valence-electron chi connectivity index (χ4n) is 2.31. The van der Waals surface area contributed by atoms with Gasteiger partial charge >= 0.3 is 5.97 Å². The summed E-state index contributed by atoms with van der Waals surface area (Å²) in [5.41, 5.74) is 3.39. The minimum atomic E-state index is -1.05. The molecule has 0 aliphatic rings. The smallest absolute Gasteiger partial charge is 0.336 e. The van der Waals surface area contributed by atoms with Crippen molar-refractivity contribution in [3.8, 4) is 11.1 Å². The lowest BCUT2D eigenvalue weighted by atomic mass is 9.93. The van der Waals surface area contributed by atoms with Crippen LogP contribution in [0.4, 0.5) is 4.39 Å². The van der Waals surface area contributed by atoms with Crippen LogP contribution in [0.15, 0.2) is 30.3 Å². The molecule has 3 heteroatoms. The first-order valence-electron chi connectivity index (χ1n) is 6.01. The quantitative estimate of drug-likeness (QED) is 0.879. The zero-order valence-electron chi connectivity index (χ0n) is 11.1. The second-order valence-corrected chi connectivity index (χ2v) is 4.79. The van der Waals surface area contributed by atoms with E-state index < -0.39 is 5.97 Å². The van der Waals surface area contributed by atoms with Crippen molar-refractivity contribution >= 4 is 5.97 Å². The van der Waals surface area contributed by atoms with Gasteiger partial charge in [-0.15, -0.1) is 0 Å². The Morgan fingerprint density at radius 1 is 1.05 bits per heavy atom. The van der Waals surface area contributed by atoms with Crippen molar-refractivity contribution in [2.45, 2.75) is 20.8 Å². The molecule has 0 saturated carbocycles. The first-order valence-corrected chi connectivity index (χ1v) is 6.01. The maximum Gasteiger partial charge on any atom is 0.336 e. The number of carbonyl (C=O) groups is 1. The molecule has 0 fully saturated rings. The molecular weight excluding hydrogens is 243 g/mol. The predicted molar refractivity (Wildman–Crippen MR) is 73.0 cm³/mol. The van der Waals surface area contributed by atoms with E-state index in [1.165, 1.54) is 12.1 Å². The summed E-state index contributed by atoms with van der Waals surface area (Å²) in [5, 5.41) is 9.23. The van der Waals surface area contributed by atoms with Gasteiger partial charge in [-0.05, 0) is 49.6 Å². The molecule has 0 aliphatic carbocycles. The molecule has 98 valence electrons. The topological polar surface area (TPSA) is 37.3 Å². The molecule has 0 aromatic heterocycles. The molecule has 1 N–H and O–H groups in total. The Kier molecular flexibility index (Phi) is 3.38. The van der Waals surface area contributed by atoms with Gasteiger partial charge in [0.2, 0.25) is 0 Å². The van der Waals surface area contributed by atoms with Crippen molar-refractivity contribution in [1.29, 1.82) is 0 Å². The Hall–Kier alpha value is -2.16. The minimum absolute atomic E-state index is 0.122. The SMILES string of the molecule is Cc1cc(C)c(-c2cc(C)ccc2C(=O)O)c(F)c1. The highest BCUT2D eigenvalue weighted by Crippen LogP contribution is 2.31. The Bertz CT molecular complexity index is 637. The number of halogens is 1. The Morgan fingerprint density at radius 3 is 2.32 bits per heavy atom. The van der Waals surface area contributed by atoms with Crippen molar-refractivity contribution in [1.82, 2.24) is 0 Å². The molecule has 0 heterocycles. The van der Waals surface area contributed by atoms with Gasteiger partial charge in [0.05, 0.1) is 5.56 Å². The zero-order valence-corrected chi connectivity index (χ0v) is 11.1. The summed E-state index contributed by atoms with van der Waals surface area (Å²) in [6, 6.07) is 8.23. The van der Waals surface area contributed by atoms with E-state index in [9.17, 15) is 14.3 Å². The van der Waals surface area contributed by atoms with E-state index >= 15 is 0 Å². The lowest BCUT2D eigenvalue weighted by Gasteiger charge is -2.12. The fourth-order valence-corrected chi connectivity index (χ4v) is 2.31. The maximum atomic E-state index is 14.2. The van der Waals surface area contributed by atoms with Crippen LogP contribution in [0.3, 0.4) is 0 Å². The van der Waals surface area contributed by atoms with E-state index in [4.69, 9.17) is 0 Å². The van der Waals surface area contributed by atoms with Crippen LogP contribution in [0.1, 0.15) is 27.0 Å². The molecule has 0 spiro atoms. The van der Waals surface area contributed by atoms with Crippen LogP contribution in [-0.4, -0.2) is 11.1 Å². The highest BCUT2D eigenvalue weighted by molar-refractivity contribution is 5.96. The molecule has 0 amide bonds. The first kappa shape index (κ1) is 13.3. The lowest BCUT2D eigenvalue weighted by Crippen LogP contribution is -2.02. The van der Waals surface area contributed by atoms with E-state index in [0.717, 1.165) is 16.7 Å². The van der Waals surface area contributed by atoms with Crippen LogP contribution in [0.25, 0.3) is 11.1 Å². The van der Waals surface area contributed by atoms with Gasteiger partial charge in [-0.2, -0.15) is 0 Å². The molecular formula is C16H15FO2. The number of aryl methyl sites for hydroxylation is 3. The Balaban J connectivity index is 2.78. The number of hydrogen-bond donors (Lipinski definition) is 1. The third kappa shape index (κ3) is 2.50. The Morgan fingerprint density at radius 2 is 1.74 bits per heavy atom. The number of aromatic carboxylic acids is 1. The van der Waals surface area contributed by atoms with E-state index in [1.807, 2.05) is 19.9 Å². The second kappa shape index (κ2) is 4.84. The molecule has 2 rings (SSSR count). The van der Waals surface area contributed by atoms with Crippen molar-refractivity contribution in [3.63, 3.8) is 0 Å². The van der Waals surface area contributed by atoms with Gasteiger partial charge in [0.25, 0.3) is 0 Å². The van der Waals surface area contributed by atoms with Gasteiger partial charge < -0.3 is 5.11 Å². The molecule has 2 nitrogen and oxygen atoms in total. The third-order valence-corrected chi connectivity index (χ3v) is 3.11. The zero-order chi connectivity index (χ0) is 14.2. The van der Waals surface area contributed by atoms with Gasteiger partial charge in [-0.1, -0.05) is 23.8 Å².